The van der Waals surface area contributed by atoms with E-state index in [1.165, 1.54) is 19.3 Å². The summed E-state index contributed by atoms with van der Waals surface area (Å²) in [5, 5.41) is 5.39. The van der Waals surface area contributed by atoms with E-state index in [-0.39, 0.29) is 25.6 Å². The predicted molar refractivity (Wildman–Crippen MR) is 118 cm³/mol. The van der Waals surface area contributed by atoms with Gasteiger partial charge in [-0.25, -0.2) is 9.59 Å². The summed E-state index contributed by atoms with van der Waals surface area (Å²) in [6, 6.07) is 7.53. The van der Waals surface area contributed by atoms with Gasteiger partial charge in [-0.1, -0.05) is 55.6 Å². The lowest BCUT2D eigenvalue weighted by Gasteiger charge is -2.33. The quantitative estimate of drug-likeness (QED) is 0.314. The number of alkyl carbamates (subject to hydrolysis) is 1. The number of amides is 2. The van der Waals surface area contributed by atoms with E-state index in [0.717, 1.165) is 0 Å². The predicted octanol–water partition coefficient (Wildman–Crippen LogP) is 2.05. The smallest absolute Gasteiger partial charge is 0.408 e. The molecule has 2 amide bonds. The molecule has 0 bridgehead atoms. The van der Waals surface area contributed by atoms with Gasteiger partial charge in [0.25, 0.3) is 0 Å². The number of esters is 2. The third kappa shape index (κ3) is 4.92. The molecule has 2 fully saturated rings. The Morgan fingerprint density at radius 2 is 1.79 bits per heavy atom. The third-order valence-corrected chi connectivity index (χ3v) is 6.13. The molecule has 0 aliphatic heterocycles. The minimum atomic E-state index is -1.44. The molecule has 2 N–H and O–H groups in total. The molecule has 0 saturated heterocycles. The van der Waals surface area contributed by atoms with Crippen molar-refractivity contribution in [1.29, 1.82) is 0 Å². The van der Waals surface area contributed by atoms with Crippen molar-refractivity contribution in [1.82, 2.24) is 10.6 Å². The fraction of sp³-hybridized carbons (Fsp3) is 0.417. The van der Waals surface area contributed by atoms with E-state index >= 15 is 0 Å². The van der Waals surface area contributed by atoms with Crippen molar-refractivity contribution in [3.8, 4) is 0 Å². The van der Waals surface area contributed by atoms with Crippen molar-refractivity contribution in [3.63, 3.8) is 0 Å². The van der Waals surface area contributed by atoms with Gasteiger partial charge in [0.15, 0.2) is 6.04 Å². The second-order valence-corrected chi connectivity index (χ2v) is 8.00. The van der Waals surface area contributed by atoms with Crippen LogP contribution >= 0.6 is 0 Å². The van der Waals surface area contributed by atoms with Crippen LogP contribution in [0.25, 0.3) is 0 Å². The molecule has 33 heavy (non-hydrogen) atoms. The lowest BCUT2D eigenvalue weighted by atomic mass is 9.88. The third-order valence-electron chi connectivity index (χ3n) is 6.13. The van der Waals surface area contributed by atoms with Gasteiger partial charge in [-0.3, -0.25) is 9.59 Å². The molecule has 1 aromatic carbocycles. The fourth-order valence-electron chi connectivity index (χ4n) is 4.65. The minimum absolute atomic E-state index is 0.0444. The molecule has 0 spiro atoms. The molecular weight excluding hydrogens is 428 g/mol. The molecule has 0 heterocycles. The van der Waals surface area contributed by atoms with Crippen molar-refractivity contribution in [2.24, 2.45) is 17.8 Å². The first-order valence-corrected chi connectivity index (χ1v) is 10.7. The molecule has 0 radical (unpaired) electrons. The molecular formula is C24H28N2O7. The van der Waals surface area contributed by atoms with Gasteiger partial charge >= 0.3 is 18.0 Å². The second kappa shape index (κ2) is 10.3. The first-order chi connectivity index (χ1) is 15.9. The summed E-state index contributed by atoms with van der Waals surface area (Å²) < 4.78 is 15.1. The first-order valence-electron chi connectivity index (χ1n) is 10.7. The Hall–Kier alpha value is -3.62. The van der Waals surface area contributed by atoms with Crippen LogP contribution < -0.4 is 10.6 Å². The molecule has 2 saturated carbocycles. The van der Waals surface area contributed by atoms with Gasteiger partial charge in [-0.15, -0.1) is 0 Å². The monoisotopic (exact) mass is 456 g/mol. The summed E-state index contributed by atoms with van der Waals surface area (Å²) in [4.78, 5) is 51.0. The summed E-state index contributed by atoms with van der Waals surface area (Å²) in [5.74, 6) is -2.86. The summed E-state index contributed by atoms with van der Waals surface area (Å²) in [5.41, 5.74) is -0.920. The highest BCUT2D eigenvalue weighted by Gasteiger charge is 2.72. The van der Waals surface area contributed by atoms with Crippen molar-refractivity contribution in [2.75, 3.05) is 20.3 Å². The summed E-state index contributed by atoms with van der Waals surface area (Å²) in [6.07, 6.45) is 2.86. The van der Waals surface area contributed by atoms with Crippen LogP contribution in [0.2, 0.25) is 0 Å². The number of hydrogen-bond donors (Lipinski definition) is 2. The Morgan fingerprint density at radius 3 is 2.42 bits per heavy atom. The largest absolute Gasteiger partial charge is 0.467 e. The average Bonchev–Trinajstić information content (AvgIpc) is 3.46. The van der Waals surface area contributed by atoms with Crippen LogP contribution in [-0.4, -0.2) is 49.8 Å². The number of rotatable bonds is 10. The SMILES string of the molecule is C=CCOC(=O)N[C@@]1(C(=O)N[C@@H](C(=O)OC)c2ccccc2)CC[C@H]2[C@H](C(=O)OCC=C)[C@H]21. The van der Waals surface area contributed by atoms with E-state index in [2.05, 4.69) is 23.8 Å². The second-order valence-electron chi connectivity index (χ2n) is 8.00. The molecule has 0 unspecified atom stereocenters. The van der Waals surface area contributed by atoms with Gasteiger partial charge in [-0.05, 0) is 24.3 Å². The Morgan fingerprint density at radius 1 is 1.12 bits per heavy atom. The van der Waals surface area contributed by atoms with Gasteiger partial charge < -0.3 is 24.8 Å². The summed E-state index contributed by atoms with van der Waals surface area (Å²) in [7, 11) is 1.23. The molecule has 3 rings (SSSR count). The zero-order chi connectivity index (χ0) is 24.0. The number of carbonyl (C=O) groups excluding carboxylic acids is 4. The van der Waals surface area contributed by atoms with Crippen molar-refractivity contribution in [3.05, 3.63) is 61.2 Å². The number of ether oxygens (including phenoxy) is 3. The number of methoxy groups -OCH3 is 1. The zero-order valence-electron chi connectivity index (χ0n) is 18.5. The summed E-state index contributed by atoms with van der Waals surface area (Å²) in [6.45, 7) is 7.04. The van der Waals surface area contributed by atoms with Crippen LogP contribution in [0.1, 0.15) is 24.4 Å². The zero-order valence-corrected chi connectivity index (χ0v) is 18.5. The molecule has 0 aromatic heterocycles. The number of fused-ring (bicyclic) bond motifs is 1. The molecule has 2 aliphatic rings. The Bertz CT molecular complexity index is 932. The van der Waals surface area contributed by atoms with Gasteiger partial charge in [-0.2, -0.15) is 0 Å². The first kappa shape index (κ1) is 24.0. The van der Waals surface area contributed by atoms with Crippen LogP contribution in [0.4, 0.5) is 4.79 Å². The minimum Gasteiger partial charge on any atom is -0.467 e. The van der Waals surface area contributed by atoms with Gasteiger partial charge in [0.05, 0.1) is 13.0 Å². The molecule has 5 atom stereocenters. The highest BCUT2D eigenvalue weighted by atomic mass is 16.5. The highest BCUT2D eigenvalue weighted by Crippen LogP contribution is 2.63. The standard InChI is InChI=1S/C24H28N2O7/c1-4-13-32-20(27)17-16-11-12-24(18(16)17,26-23(30)33-14-5-2)22(29)25-19(21(28)31-3)15-9-7-6-8-10-15/h4-10,16-19H,1-2,11-14H2,3H3,(H,25,29)(H,26,30)/t16-,17-,18-,19+,24-/m0/s1. The highest BCUT2D eigenvalue weighted by molar-refractivity contribution is 5.96. The number of benzene rings is 1. The van der Waals surface area contributed by atoms with Crippen LogP contribution in [-0.2, 0) is 28.6 Å². The normalized spacial score (nSPS) is 25.5. The van der Waals surface area contributed by atoms with Crippen LogP contribution in [0.3, 0.4) is 0 Å². The molecule has 2 aliphatic carbocycles. The van der Waals surface area contributed by atoms with E-state index in [0.29, 0.717) is 12.0 Å². The maximum absolute atomic E-state index is 13.6. The maximum atomic E-state index is 13.6. The summed E-state index contributed by atoms with van der Waals surface area (Å²) >= 11 is 0. The topological polar surface area (TPSA) is 120 Å². The van der Waals surface area contributed by atoms with E-state index in [9.17, 15) is 19.2 Å². The number of hydrogen-bond acceptors (Lipinski definition) is 7. The average molecular weight is 456 g/mol. The molecule has 9 nitrogen and oxygen atoms in total. The van der Waals surface area contributed by atoms with E-state index in [4.69, 9.17) is 14.2 Å². The van der Waals surface area contributed by atoms with Crippen molar-refractivity contribution in [2.45, 2.75) is 24.4 Å². The Labute approximate surface area is 192 Å². The lowest BCUT2D eigenvalue weighted by molar-refractivity contribution is -0.148. The molecule has 1 aromatic rings. The number of nitrogens with one attached hydrogen (secondary N) is 2. The Balaban J connectivity index is 1.87. The van der Waals surface area contributed by atoms with Crippen LogP contribution in [0, 0.1) is 17.8 Å². The van der Waals surface area contributed by atoms with Gasteiger partial charge in [0, 0.05) is 5.92 Å². The van der Waals surface area contributed by atoms with Crippen LogP contribution in [0.5, 0.6) is 0 Å². The van der Waals surface area contributed by atoms with E-state index in [1.54, 1.807) is 30.3 Å². The molecule has 176 valence electrons. The Kier molecular flexibility index (Phi) is 7.52. The van der Waals surface area contributed by atoms with Crippen molar-refractivity contribution < 1.29 is 33.4 Å². The van der Waals surface area contributed by atoms with E-state index < -0.39 is 47.4 Å². The van der Waals surface area contributed by atoms with E-state index in [1.807, 2.05) is 0 Å². The van der Waals surface area contributed by atoms with Crippen molar-refractivity contribution >= 4 is 23.9 Å². The van der Waals surface area contributed by atoms with Gasteiger partial charge in [0.1, 0.15) is 18.8 Å². The fourth-order valence-corrected chi connectivity index (χ4v) is 4.65. The number of carbonyl (C=O) groups is 4. The lowest BCUT2D eigenvalue weighted by Crippen LogP contribution is -2.61. The van der Waals surface area contributed by atoms with Crippen LogP contribution in [0.15, 0.2) is 55.6 Å². The molecule has 9 heteroatoms. The maximum Gasteiger partial charge on any atom is 0.408 e. The van der Waals surface area contributed by atoms with Gasteiger partial charge in [0.2, 0.25) is 5.91 Å².